The van der Waals surface area contributed by atoms with E-state index in [2.05, 4.69) is 34.9 Å². The number of aliphatic carboxylic acids is 1. The quantitative estimate of drug-likeness (QED) is 0.904. The lowest BCUT2D eigenvalue weighted by molar-refractivity contribution is -0.137. The molecule has 1 heterocycles. The molecule has 0 saturated carbocycles. The molecule has 0 bridgehead atoms. The van der Waals surface area contributed by atoms with E-state index in [1.165, 1.54) is 0 Å². The molecule has 0 aliphatic carbocycles. The highest BCUT2D eigenvalue weighted by molar-refractivity contribution is 9.10. The average molecular weight is 261 g/mol. The monoisotopic (exact) mass is 260 g/mol. The number of aryl methyl sites for hydroxylation is 1. The summed E-state index contributed by atoms with van der Waals surface area (Å²) in [6, 6.07) is 0. The standard InChI is InChI=1S/C9H13BrN2O2/c1-6(2)9-7(10)5-12(11-9)4-3-8(13)14/h5-6H,3-4H2,1-2H3,(H,13,14). The van der Waals surface area contributed by atoms with Crippen molar-refractivity contribution >= 4 is 21.9 Å². The molecular weight excluding hydrogens is 248 g/mol. The van der Waals surface area contributed by atoms with Crippen LogP contribution in [0.25, 0.3) is 0 Å². The fraction of sp³-hybridized carbons (Fsp3) is 0.556. The molecule has 1 aromatic heterocycles. The molecule has 1 rings (SSSR count). The van der Waals surface area contributed by atoms with Crippen molar-refractivity contribution in [3.05, 3.63) is 16.4 Å². The second kappa shape index (κ2) is 4.59. The minimum atomic E-state index is -0.803. The molecule has 0 atom stereocenters. The van der Waals surface area contributed by atoms with E-state index in [0.29, 0.717) is 12.5 Å². The summed E-state index contributed by atoms with van der Waals surface area (Å²) in [5, 5.41) is 12.8. The van der Waals surface area contributed by atoms with Gasteiger partial charge in [0, 0.05) is 6.20 Å². The van der Waals surface area contributed by atoms with Gasteiger partial charge in [-0.2, -0.15) is 5.10 Å². The Hall–Kier alpha value is -0.840. The molecule has 4 nitrogen and oxygen atoms in total. The van der Waals surface area contributed by atoms with Crippen molar-refractivity contribution < 1.29 is 9.90 Å². The predicted octanol–water partition coefficient (Wildman–Crippen LogP) is 2.24. The zero-order chi connectivity index (χ0) is 10.7. The summed E-state index contributed by atoms with van der Waals surface area (Å²) >= 11 is 3.39. The largest absolute Gasteiger partial charge is 0.481 e. The van der Waals surface area contributed by atoms with Crippen LogP contribution in [0.3, 0.4) is 0 Å². The average Bonchev–Trinajstić information content (AvgIpc) is 2.43. The van der Waals surface area contributed by atoms with Gasteiger partial charge in [-0.25, -0.2) is 0 Å². The number of aromatic nitrogens is 2. The van der Waals surface area contributed by atoms with Gasteiger partial charge in [0.25, 0.3) is 0 Å². The van der Waals surface area contributed by atoms with E-state index >= 15 is 0 Å². The third kappa shape index (κ3) is 2.83. The van der Waals surface area contributed by atoms with E-state index in [1.807, 2.05) is 6.20 Å². The highest BCUT2D eigenvalue weighted by Gasteiger charge is 2.10. The van der Waals surface area contributed by atoms with Gasteiger partial charge in [-0.1, -0.05) is 13.8 Å². The first-order valence-corrected chi connectivity index (χ1v) is 5.24. The van der Waals surface area contributed by atoms with E-state index < -0.39 is 5.97 Å². The molecular formula is C9H13BrN2O2. The van der Waals surface area contributed by atoms with Gasteiger partial charge in [-0.15, -0.1) is 0 Å². The first-order chi connectivity index (χ1) is 6.50. The highest BCUT2D eigenvalue weighted by atomic mass is 79.9. The van der Waals surface area contributed by atoms with E-state index in [1.54, 1.807) is 4.68 Å². The van der Waals surface area contributed by atoms with E-state index in [9.17, 15) is 4.79 Å². The number of hydrogen-bond acceptors (Lipinski definition) is 2. The van der Waals surface area contributed by atoms with Crippen molar-refractivity contribution in [2.75, 3.05) is 0 Å². The summed E-state index contributed by atoms with van der Waals surface area (Å²) in [7, 11) is 0. The van der Waals surface area contributed by atoms with Gasteiger partial charge in [0.2, 0.25) is 0 Å². The fourth-order valence-electron chi connectivity index (χ4n) is 1.13. The lowest BCUT2D eigenvalue weighted by Gasteiger charge is -2.00. The van der Waals surface area contributed by atoms with Crippen LogP contribution < -0.4 is 0 Å². The van der Waals surface area contributed by atoms with Crippen molar-refractivity contribution in [3.8, 4) is 0 Å². The summed E-state index contributed by atoms with van der Waals surface area (Å²) in [6.07, 6.45) is 1.92. The maximum Gasteiger partial charge on any atom is 0.305 e. The molecule has 0 spiro atoms. The fourth-order valence-corrected chi connectivity index (χ4v) is 1.90. The number of hydrogen-bond donors (Lipinski definition) is 1. The normalized spacial score (nSPS) is 10.9. The molecule has 1 N–H and O–H groups in total. The third-order valence-electron chi connectivity index (χ3n) is 1.84. The molecule has 0 unspecified atom stereocenters. The number of rotatable bonds is 4. The van der Waals surface area contributed by atoms with E-state index in [-0.39, 0.29) is 6.42 Å². The second-order valence-corrected chi connectivity index (χ2v) is 4.28. The smallest absolute Gasteiger partial charge is 0.305 e. The lowest BCUT2D eigenvalue weighted by atomic mass is 10.1. The Balaban J connectivity index is 2.71. The van der Waals surface area contributed by atoms with Crippen LogP contribution in [0.2, 0.25) is 0 Å². The molecule has 78 valence electrons. The molecule has 0 aliphatic heterocycles. The Morgan fingerprint density at radius 3 is 2.79 bits per heavy atom. The topological polar surface area (TPSA) is 55.1 Å². The molecule has 0 aliphatic rings. The molecule has 14 heavy (non-hydrogen) atoms. The van der Waals surface area contributed by atoms with Gasteiger partial charge in [0.15, 0.2) is 0 Å². The Morgan fingerprint density at radius 2 is 2.36 bits per heavy atom. The number of halogens is 1. The van der Waals surface area contributed by atoms with Crippen LogP contribution in [0, 0.1) is 0 Å². The minimum Gasteiger partial charge on any atom is -0.481 e. The van der Waals surface area contributed by atoms with Crippen molar-refractivity contribution in [1.29, 1.82) is 0 Å². The number of carboxylic acids is 1. The van der Waals surface area contributed by atoms with Crippen LogP contribution in [-0.4, -0.2) is 20.9 Å². The summed E-state index contributed by atoms with van der Waals surface area (Å²) in [5.41, 5.74) is 0.968. The first kappa shape index (κ1) is 11.2. The van der Waals surface area contributed by atoms with Crippen molar-refractivity contribution in [3.63, 3.8) is 0 Å². The van der Waals surface area contributed by atoms with Crippen LogP contribution in [0.4, 0.5) is 0 Å². The van der Waals surface area contributed by atoms with Crippen LogP contribution >= 0.6 is 15.9 Å². The molecule has 0 amide bonds. The van der Waals surface area contributed by atoms with Crippen molar-refractivity contribution in [1.82, 2.24) is 9.78 Å². The maximum atomic E-state index is 10.3. The molecule has 0 radical (unpaired) electrons. The van der Waals surface area contributed by atoms with Gasteiger partial charge in [-0.3, -0.25) is 9.48 Å². The number of nitrogens with zero attached hydrogens (tertiary/aromatic N) is 2. The van der Waals surface area contributed by atoms with E-state index in [4.69, 9.17) is 5.11 Å². The summed E-state index contributed by atoms with van der Waals surface area (Å²) in [4.78, 5) is 10.3. The summed E-state index contributed by atoms with van der Waals surface area (Å²) < 4.78 is 2.60. The number of carbonyl (C=O) groups is 1. The summed E-state index contributed by atoms with van der Waals surface area (Å²) in [5.74, 6) is -0.460. The molecule has 1 aromatic rings. The van der Waals surface area contributed by atoms with Crippen LogP contribution in [0.1, 0.15) is 31.9 Å². The predicted molar refractivity (Wildman–Crippen MR) is 56.3 cm³/mol. The zero-order valence-corrected chi connectivity index (χ0v) is 9.78. The van der Waals surface area contributed by atoms with Gasteiger partial charge < -0.3 is 5.11 Å². The SMILES string of the molecule is CC(C)c1nn(CCC(=O)O)cc1Br. The maximum absolute atomic E-state index is 10.3. The van der Waals surface area contributed by atoms with Crippen molar-refractivity contribution in [2.24, 2.45) is 0 Å². The molecule has 0 saturated heterocycles. The Bertz CT molecular complexity index is 334. The van der Waals surface area contributed by atoms with Crippen LogP contribution in [0.15, 0.2) is 10.7 Å². The van der Waals surface area contributed by atoms with Gasteiger partial charge in [0.05, 0.1) is 23.1 Å². The third-order valence-corrected chi connectivity index (χ3v) is 2.46. The first-order valence-electron chi connectivity index (χ1n) is 4.45. The Kier molecular flexibility index (Phi) is 3.69. The van der Waals surface area contributed by atoms with Crippen LogP contribution in [0.5, 0.6) is 0 Å². The van der Waals surface area contributed by atoms with Gasteiger partial charge >= 0.3 is 5.97 Å². The second-order valence-electron chi connectivity index (χ2n) is 3.42. The highest BCUT2D eigenvalue weighted by Crippen LogP contribution is 2.22. The van der Waals surface area contributed by atoms with Crippen LogP contribution in [-0.2, 0) is 11.3 Å². The number of carboxylic acid groups (broad SMARTS) is 1. The Morgan fingerprint density at radius 1 is 1.71 bits per heavy atom. The van der Waals surface area contributed by atoms with Gasteiger partial charge in [0.1, 0.15) is 0 Å². The minimum absolute atomic E-state index is 0.103. The van der Waals surface area contributed by atoms with Gasteiger partial charge in [-0.05, 0) is 21.8 Å². The lowest BCUT2D eigenvalue weighted by Crippen LogP contribution is -2.05. The molecule has 0 fully saturated rings. The Labute approximate surface area is 91.1 Å². The molecule has 5 heteroatoms. The summed E-state index contributed by atoms with van der Waals surface area (Å²) in [6.45, 7) is 4.52. The van der Waals surface area contributed by atoms with Crippen molar-refractivity contribution in [2.45, 2.75) is 32.7 Å². The van der Waals surface area contributed by atoms with E-state index in [0.717, 1.165) is 10.2 Å². The molecule has 0 aromatic carbocycles. The zero-order valence-electron chi connectivity index (χ0n) is 8.20.